The Morgan fingerprint density at radius 1 is 1.71 bits per heavy atom. The highest BCUT2D eigenvalue weighted by molar-refractivity contribution is 6.32. The van der Waals surface area contributed by atoms with E-state index in [2.05, 4.69) is 10.4 Å². The average molecular weight is 258 g/mol. The Kier molecular flexibility index (Phi) is 4.02. The molecule has 0 radical (unpaired) electrons. The van der Waals surface area contributed by atoms with Gasteiger partial charge in [0.1, 0.15) is 5.02 Å². The highest BCUT2D eigenvalue weighted by atomic mass is 35.5. The Hall–Kier alpha value is -1.07. The van der Waals surface area contributed by atoms with Gasteiger partial charge in [0.15, 0.2) is 0 Å². The van der Waals surface area contributed by atoms with Gasteiger partial charge in [-0.25, -0.2) is 4.68 Å². The minimum Gasteiger partial charge on any atom is -0.382 e. The number of aryl methyl sites for hydroxylation is 1. The SMILES string of the molecule is CCn1ncc(NCC2CCOC2)c(Cl)c1=O. The molecule has 1 unspecified atom stereocenters. The summed E-state index contributed by atoms with van der Waals surface area (Å²) in [5, 5.41) is 7.40. The van der Waals surface area contributed by atoms with Crippen LogP contribution in [0.4, 0.5) is 5.69 Å². The maximum Gasteiger partial charge on any atom is 0.287 e. The maximum absolute atomic E-state index is 11.7. The molecule has 1 aliphatic heterocycles. The van der Waals surface area contributed by atoms with Crippen molar-refractivity contribution in [2.45, 2.75) is 19.9 Å². The molecule has 1 N–H and O–H groups in total. The number of nitrogens with zero attached hydrogens (tertiary/aromatic N) is 2. The first-order valence-electron chi connectivity index (χ1n) is 5.79. The lowest BCUT2D eigenvalue weighted by molar-refractivity contribution is 0.187. The minimum absolute atomic E-state index is 0.209. The first-order chi connectivity index (χ1) is 8.22. The third kappa shape index (κ3) is 2.79. The van der Waals surface area contributed by atoms with Crippen molar-refractivity contribution in [2.24, 2.45) is 5.92 Å². The quantitative estimate of drug-likeness (QED) is 0.885. The summed E-state index contributed by atoms with van der Waals surface area (Å²) < 4.78 is 6.62. The smallest absolute Gasteiger partial charge is 0.287 e. The van der Waals surface area contributed by atoms with Crippen molar-refractivity contribution in [1.82, 2.24) is 9.78 Å². The Bertz CT molecular complexity index is 441. The monoisotopic (exact) mass is 257 g/mol. The van der Waals surface area contributed by atoms with Crippen LogP contribution in [0.2, 0.25) is 5.02 Å². The molecule has 94 valence electrons. The summed E-state index contributed by atoms with van der Waals surface area (Å²) in [6.45, 7) is 4.72. The minimum atomic E-state index is -0.248. The summed E-state index contributed by atoms with van der Waals surface area (Å²) in [4.78, 5) is 11.7. The number of hydrogen-bond acceptors (Lipinski definition) is 4. The highest BCUT2D eigenvalue weighted by Gasteiger charge is 2.16. The molecule has 17 heavy (non-hydrogen) atoms. The largest absolute Gasteiger partial charge is 0.382 e. The molecule has 1 saturated heterocycles. The zero-order valence-electron chi connectivity index (χ0n) is 9.78. The standard InChI is InChI=1S/C11H16ClN3O2/c1-2-15-11(16)10(12)9(6-14-15)13-5-8-3-4-17-7-8/h6,8,13H,2-5,7H2,1H3. The molecule has 0 amide bonds. The van der Waals surface area contributed by atoms with Crippen LogP contribution in [0.25, 0.3) is 0 Å². The third-order valence-corrected chi connectivity index (χ3v) is 3.25. The molecule has 1 aromatic heterocycles. The normalized spacial score (nSPS) is 19.5. The Balaban J connectivity index is 2.05. The van der Waals surface area contributed by atoms with Gasteiger partial charge >= 0.3 is 0 Å². The van der Waals surface area contributed by atoms with E-state index in [9.17, 15) is 4.79 Å². The van der Waals surface area contributed by atoms with Crippen LogP contribution in [-0.4, -0.2) is 29.5 Å². The van der Waals surface area contributed by atoms with Crippen LogP contribution in [0, 0.1) is 5.92 Å². The second-order valence-corrected chi connectivity index (χ2v) is 4.48. The van der Waals surface area contributed by atoms with E-state index in [-0.39, 0.29) is 10.6 Å². The van der Waals surface area contributed by atoms with E-state index in [0.717, 1.165) is 26.2 Å². The highest BCUT2D eigenvalue weighted by Crippen LogP contribution is 2.18. The number of rotatable bonds is 4. The first kappa shape index (κ1) is 12.4. The van der Waals surface area contributed by atoms with Gasteiger partial charge in [0.05, 0.1) is 18.5 Å². The molecule has 2 rings (SSSR count). The molecule has 0 bridgehead atoms. The van der Waals surface area contributed by atoms with Crippen molar-refractivity contribution in [2.75, 3.05) is 25.1 Å². The second kappa shape index (κ2) is 5.51. The molecule has 0 saturated carbocycles. The fourth-order valence-corrected chi connectivity index (χ4v) is 2.03. The fourth-order valence-electron chi connectivity index (χ4n) is 1.81. The summed E-state index contributed by atoms with van der Waals surface area (Å²) in [5.74, 6) is 0.486. The van der Waals surface area contributed by atoms with E-state index in [1.54, 1.807) is 6.20 Å². The molecule has 0 aromatic carbocycles. The van der Waals surface area contributed by atoms with Crippen LogP contribution in [0.5, 0.6) is 0 Å². The van der Waals surface area contributed by atoms with Crippen LogP contribution in [0.3, 0.4) is 0 Å². The Morgan fingerprint density at radius 2 is 2.53 bits per heavy atom. The lowest BCUT2D eigenvalue weighted by atomic mass is 10.1. The van der Waals surface area contributed by atoms with Crippen molar-refractivity contribution in [3.05, 3.63) is 21.6 Å². The maximum atomic E-state index is 11.7. The molecular formula is C11H16ClN3O2. The number of anilines is 1. The molecular weight excluding hydrogens is 242 g/mol. The van der Waals surface area contributed by atoms with E-state index in [1.165, 1.54) is 4.68 Å². The van der Waals surface area contributed by atoms with Crippen LogP contribution < -0.4 is 10.9 Å². The van der Waals surface area contributed by atoms with Gasteiger partial charge in [-0.1, -0.05) is 11.6 Å². The van der Waals surface area contributed by atoms with Crippen molar-refractivity contribution >= 4 is 17.3 Å². The van der Waals surface area contributed by atoms with Crippen molar-refractivity contribution in [1.29, 1.82) is 0 Å². The predicted octanol–water partition coefficient (Wildman–Crippen LogP) is 1.36. The molecule has 1 fully saturated rings. The average Bonchev–Trinajstić information content (AvgIpc) is 2.84. The van der Waals surface area contributed by atoms with Crippen molar-refractivity contribution in [3.8, 4) is 0 Å². The molecule has 1 atom stereocenters. The summed E-state index contributed by atoms with van der Waals surface area (Å²) in [7, 11) is 0. The van der Waals surface area contributed by atoms with Crippen molar-refractivity contribution < 1.29 is 4.74 Å². The number of hydrogen-bond donors (Lipinski definition) is 1. The molecule has 2 heterocycles. The summed E-state index contributed by atoms with van der Waals surface area (Å²) in [6, 6.07) is 0. The third-order valence-electron chi connectivity index (χ3n) is 2.89. The topological polar surface area (TPSA) is 56.1 Å². The summed E-state index contributed by atoms with van der Waals surface area (Å²) in [6.07, 6.45) is 2.65. The van der Waals surface area contributed by atoms with Crippen LogP contribution in [-0.2, 0) is 11.3 Å². The lowest BCUT2D eigenvalue weighted by Gasteiger charge is -2.12. The zero-order chi connectivity index (χ0) is 12.3. The van der Waals surface area contributed by atoms with Crippen LogP contribution >= 0.6 is 11.6 Å². The molecule has 1 aromatic rings. The number of halogens is 1. The molecule has 0 spiro atoms. The van der Waals surface area contributed by atoms with Crippen LogP contribution in [0.15, 0.2) is 11.0 Å². The molecule has 0 aliphatic carbocycles. The Morgan fingerprint density at radius 3 is 3.18 bits per heavy atom. The van der Waals surface area contributed by atoms with Gasteiger partial charge in [0, 0.05) is 25.6 Å². The van der Waals surface area contributed by atoms with E-state index in [4.69, 9.17) is 16.3 Å². The first-order valence-corrected chi connectivity index (χ1v) is 6.17. The van der Waals surface area contributed by atoms with E-state index < -0.39 is 0 Å². The predicted molar refractivity (Wildman–Crippen MR) is 66.6 cm³/mol. The molecule has 6 heteroatoms. The zero-order valence-corrected chi connectivity index (χ0v) is 10.5. The van der Waals surface area contributed by atoms with Gasteiger partial charge in [-0.2, -0.15) is 5.10 Å². The number of ether oxygens (including phenoxy) is 1. The number of aromatic nitrogens is 2. The Labute approximate surface area is 105 Å². The molecule has 1 aliphatic rings. The second-order valence-electron chi connectivity index (χ2n) is 4.10. The molecule has 5 nitrogen and oxygen atoms in total. The lowest BCUT2D eigenvalue weighted by Crippen LogP contribution is -2.24. The number of nitrogens with one attached hydrogen (secondary N) is 1. The van der Waals surface area contributed by atoms with E-state index in [0.29, 0.717) is 18.2 Å². The van der Waals surface area contributed by atoms with Gasteiger partial charge in [-0.15, -0.1) is 0 Å². The van der Waals surface area contributed by atoms with Crippen molar-refractivity contribution in [3.63, 3.8) is 0 Å². The van der Waals surface area contributed by atoms with Gasteiger partial charge in [-0.05, 0) is 13.3 Å². The van der Waals surface area contributed by atoms with E-state index in [1.807, 2.05) is 6.92 Å². The van der Waals surface area contributed by atoms with E-state index >= 15 is 0 Å². The van der Waals surface area contributed by atoms with Gasteiger partial charge in [0.25, 0.3) is 5.56 Å². The van der Waals surface area contributed by atoms with Crippen LogP contribution in [0.1, 0.15) is 13.3 Å². The summed E-state index contributed by atoms with van der Waals surface area (Å²) >= 11 is 6.00. The van der Waals surface area contributed by atoms with Gasteiger partial charge in [0.2, 0.25) is 0 Å². The van der Waals surface area contributed by atoms with Gasteiger partial charge in [-0.3, -0.25) is 4.79 Å². The fraction of sp³-hybridized carbons (Fsp3) is 0.636. The van der Waals surface area contributed by atoms with Gasteiger partial charge < -0.3 is 10.1 Å². The summed E-state index contributed by atoms with van der Waals surface area (Å²) in [5.41, 5.74) is 0.357.